The molecule has 3 aromatic carbocycles. The number of halogens is 1. The predicted octanol–water partition coefficient (Wildman–Crippen LogP) is 6.82. The van der Waals surface area contributed by atoms with Gasteiger partial charge in [-0.2, -0.15) is 0 Å². The molecule has 11 nitrogen and oxygen atoms in total. The summed E-state index contributed by atoms with van der Waals surface area (Å²) in [5, 5.41) is 13.9. The zero-order chi connectivity index (χ0) is 39.9. The van der Waals surface area contributed by atoms with Crippen molar-refractivity contribution in [2.45, 2.75) is 69.9 Å². The number of carbonyl (C=O) groups is 4. The number of aromatic nitrogens is 1. The molecule has 5 heterocycles. The van der Waals surface area contributed by atoms with E-state index in [1.807, 2.05) is 37.3 Å². The maximum atomic E-state index is 15.6. The van der Waals surface area contributed by atoms with E-state index in [0.29, 0.717) is 52.5 Å². The highest BCUT2D eigenvalue weighted by Gasteiger charge is 2.29. The van der Waals surface area contributed by atoms with Crippen molar-refractivity contribution in [2.24, 2.45) is 5.92 Å². The van der Waals surface area contributed by atoms with Crippen LogP contribution in [0.5, 0.6) is 0 Å². The maximum absolute atomic E-state index is 15.6. The molecule has 1 aliphatic carbocycles. The van der Waals surface area contributed by atoms with Crippen molar-refractivity contribution in [3.63, 3.8) is 0 Å². The Morgan fingerprint density at radius 2 is 1.72 bits per heavy atom. The Balaban J connectivity index is 0.742. The van der Waals surface area contributed by atoms with Gasteiger partial charge in [0.05, 0.1) is 22.8 Å². The van der Waals surface area contributed by atoms with E-state index in [1.165, 1.54) is 17.4 Å². The Hall–Kier alpha value is -5.40. The van der Waals surface area contributed by atoms with E-state index in [-0.39, 0.29) is 41.6 Å². The molecule has 3 aliphatic heterocycles. The Kier molecular flexibility index (Phi) is 10.6. The van der Waals surface area contributed by atoms with Crippen LogP contribution < -0.4 is 26.2 Å². The van der Waals surface area contributed by atoms with Crippen LogP contribution in [-0.2, 0) is 9.59 Å². The molecule has 13 heteroatoms. The van der Waals surface area contributed by atoms with Gasteiger partial charge in [0.25, 0.3) is 11.8 Å². The molecule has 2 atom stereocenters. The van der Waals surface area contributed by atoms with Gasteiger partial charge >= 0.3 is 0 Å². The summed E-state index contributed by atoms with van der Waals surface area (Å²) in [6.07, 6.45) is 6.05. The average molecular weight is 802 g/mol. The smallest absolute Gasteiger partial charge is 0.263 e. The Morgan fingerprint density at radius 1 is 0.931 bits per heavy atom. The SMILES string of the molecule is C[C@@H]1CNc2c(sc3ccc4nc(-c5ccc(C(=O)NC6CCC(CCN7CCN(c8ccc(C9CCC(=O)NC9=O)cc8)CC7)CC6)cc5F)ccc4c23)C(=O)N1. The van der Waals surface area contributed by atoms with E-state index < -0.39 is 5.82 Å². The number of anilines is 2. The van der Waals surface area contributed by atoms with Gasteiger partial charge in [-0.1, -0.05) is 12.1 Å². The molecule has 9 rings (SSSR count). The first-order valence-corrected chi connectivity index (χ1v) is 21.4. The second-order valence-electron chi connectivity index (χ2n) is 16.4. The molecule has 4 amide bonds. The normalized spacial score (nSPS) is 22.9. The molecule has 300 valence electrons. The number of piperidine rings is 1. The second kappa shape index (κ2) is 16.1. The third kappa shape index (κ3) is 7.77. The molecule has 2 aromatic heterocycles. The van der Waals surface area contributed by atoms with Crippen LogP contribution in [0.25, 0.3) is 32.2 Å². The largest absolute Gasteiger partial charge is 0.381 e. The van der Waals surface area contributed by atoms with Crippen LogP contribution in [0, 0.1) is 11.7 Å². The molecule has 3 fully saturated rings. The van der Waals surface area contributed by atoms with Gasteiger partial charge in [-0.05, 0) is 118 Å². The van der Waals surface area contributed by atoms with Crippen LogP contribution in [0.4, 0.5) is 15.8 Å². The van der Waals surface area contributed by atoms with Crippen LogP contribution in [0.15, 0.2) is 66.7 Å². The lowest BCUT2D eigenvalue weighted by molar-refractivity contribution is -0.134. The lowest BCUT2D eigenvalue weighted by Gasteiger charge is -2.37. The Morgan fingerprint density at radius 3 is 2.48 bits per heavy atom. The van der Waals surface area contributed by atoms with Crippen LogP contribution >= 0.6 is 11.3 Å². The number of hydrogen-bond donors (Lipinski definition) is 4. The van der Waals surface area contributed by atoms with Crippen LogP contribution in [0.2, 0.25) is 0 Å². The van der Waals surface area contributed by atoms with Gasteiger partial charge < -0.3 is 20.9 Å². The number of benzene rings is 3. The number of fused-ring (bicyclic) bond motifs is 5. The number of pyridine rings is 1. The molecule has 0 spiro atoms. The third-order valence-electron chi connectivity index (χ3n) is 12.5. The van der Waals surface area contributed by atoms with E-state index in [0.717, 1.165) is 97.2 Å². The number of rotatable bonds is 8. The summed E-state index contributed by atoms with van der Waals surface area (Å²) in [5.74, 6) is -0.858. The van der Waals surface area contributed by atoms with Crippen molar-refractivity contribution in [1.82, 2.24) is 25.8 Å². The van der Waals surface area contributed by atoms with Crippen molar-refractivity contribution in [1.29, 1.82) is 0 Å². The van der Waals surface area contributed by atoms with E-state index in [1.54, 1.807) is 18.2 Å². The molecule has 4 N–H and O–H groups in total. The topological polar surface area (TPSA) is 136 Å². The molecule has 2 saturated heterocycles. The first-order valence-electron chi connectivity index (χ1n) is 20.6. The summed E-state index contributed by atoms with van der Waals surface area (Å²) in [7, 11) is 0. The highest BCUT2D eigenvalue weighted by atomic mass is 32.1. The molecule has 58 heavy (non-hydrogen) atoms. The number of nitrogens with one attached hydrogen (secondary N) is 4. The molecule has 0 radical (unpaired) electrons. The van der Waals surface area contributed by atoms with Crippen LogP contribution in [0.1, 0.15) is 83.4 Å². The van der Waals surface area contributed by atoms with Gasteiger partial charge in [0.15, 0.2) is 0 Å². The summed E-state index contributed by atoms with van der Waals surface area (Å²) < 4.78 is 16.6. The zero-order valence-corrected chi connectivity index (χ0v) is 33.4. The number of amides is 4. The summed E-state index contributed by atoms with van der Waals surface area (Å²) >= 11 is 1.45. The van der Waals surface area contributed by atoms with E-state index >= 15 is 4.39 Å². The second-order valence-corrected chi connectivity index (χ2v) is 17.4. The van der Waals surface area contributed by atoms with Gasteiger partial charge in [-0.3, -0.25) is 29.4 Å². The fourth-order valence-electron chi connectivity index (χ4n) is 9.13. The van der Waals surface area contributed by atoms with Crippen molar-refractivity contribution in [3.05, 3.63) is 88.6 Å². The highest BCUT2D eigenvalue weighted by molar-refractivity contribution is 7.21. The quantitative estimate of drug-likeness (QED) is 0.126. The fraction of sp³-hybridized carbons (Fsp3) is 0.400. The first kappa shape index (κ1) is 38.1. The van der Waals surface area contributed by atoms with Crippen LogP contribution in [-0.4, -0.2) is 84.9 Å². The van der Waals surface area contributed by atoms with Crippen LogP contribution in [0.3, 0.4) is 0 Å². The average Bonchev–Trinajstić information content (AvgIpc) is 3.55. The van der Waals surface area contributed by atoms with Crippen molar-refractivity contribution >= 4 is 67.3 Å². The number of hydrogen-bond acceptors (Lipinski definition) is 9. The Bertz CT molecular complexity index is 2400. The molecule has 5 aromatic rings. The summed E-state index contributed by atoms with van der Waals surface area (Å²) in [4.78, 5) is 60.3. The fourth-order valence-corrected chi connectivity index (χ4v) is 10.2. The van der Waals surface area contributed by atoms with Gasteiger partial charge in [0.2, 0.25) is 11.8 Å². The zero-order valence-electron chi connectivity index (χ0n) is 32.6. The minimum Gasteiger partial charge on any atom is -0.381 e. The molecular weight excluding hydrogens is 754 g/mol. The standard InChI is InChI=1S/C45H48FN7O4S/c1-26-25-47-41-40-34-12-14-36(50-37(34)15-16-38(40)58-42(41)45(57)48-26)33-11-6-29(24-35(33)46)43(55)49-30-7-2-27(3-8-30)18-19-52-20-22-53(23-21-52)31-9-4-28(5-10-31)32-13-17-39(54)51-44(32)56/h4-6,9-12,14-16,24,26-27,30,32,47H,2-3,7-8,13,17-23,25H2,1H3,(H,48,57)(H,49,55)(H,51,54,56)/t26-,27?,30?,32?/m1/s1. The summed E-state index contributed by atoms with van der Waals surface area (Å²) in [6, 6.07) is 20.5. The molecule has 0 bridgehead atoms. The Labute approximate surface area is 340 Å². The number of piperazine rings is 1. The summed E-state index contributed by atoms with van der Waals surface area (Å²) in [5.41, 5.74) is 4.76. The predicted molar refractivity (Wildman–Crippen MR) is 226 cm³/mol. The number of imide groups is 1. The molecular formula is C45H48FN7O4S. The lowest BCUT2D eigenvalue weighted by atomic mass is 9.84. The van der Waals surface area contributed by atoms with Crippen molar-refractivity contribution in [2.75, 3.05) is 49.5 Å². The van der Waals surface area contributed by atoms with Gasteiger partial charge in [-0.25, -0.2) is 9.37 Å². The van der Waals surface area contributed by atoms with Gasteiger partial charge in [-0.15, -0.1) is 11.3 Å². The molecule has 4 aliphatic rings. The first-order chi connectivity index (χ1) is 28.2. The van der Waals surface area contributed by atoms with Gasteiger partial charge in [0.1, 0.15) is 10.7 Å². The third-order valence-corrected chi connectivity index (χ3v) is 13.7. The number of nitrogens with zero attached hydrogens (tertiary/aromatic N) is 3. The maximum Gasteiger partial charge on any atom is 0.263 e. The van der Waals surface area contributed by atoms with Crippen molar-refractivity contribution in [3.8, 4) is 11.3 Å². The number of thiophene rings is 1. The molecule has 1 unspecified atom stereocenters. The van der Waals surface area contributed by atoms with Gasteiger partial charge in [0, 0.05) is 83.5 Å². The van der Waals surface area contributed by atoms with E-state index in [4.69, 9.17) is 4.98 Å². The number of carbonyl (C=O) groups excluding carboxylic acids is 4. The monoisotopic (exact) mass is 801 g/mol. The van der Waals surface area contributed by atoms with Crippen molar-refractivity contribution < 1.29 is 23.6 Å². The van der Waals surface area contributed by atoms with E-state index in [2.05, 4.69) is 43.2 Å². The van der Waals surface area contributed by atoms with E-state index in [9.17, 15) is 19.2 Å². The minimum atomic E-state index is -0.496. The highest BCUT2D eigenvalue weighted by Crippen LogP contribution is 2.41. The minimum absolute atomic E-state index is 0.00917. The summed E-state index contributed by atoms with van der Waals surface area (Å²) in [6.45, 7) is 7.57. The lowest BCUT2D eigenvalue weighted by Crippen LogP contribution is -2.47. The molecule has 1 saturated carbocycles.